The SMILES string of the molecule is CO[C@@]12CC[C@H](Oc3ccccn3)C[C@@H]1N(C(=O)c1cccc(C)c1)CC2. The molecule has 2 fully saturated rings. The number of carbonyl (C=O) groups is 1. The number of likely N-dealkylation sites (tertiary alicyclic amines) is 1. The topological polar surface area (TPSA) is 51.7 Å². The van der Waals surface area contributed by atoms with Gasteiger partial charge in [-0.2, -0.15) is 0 Å². The van der Waals surface area contributed by atoms with Crippen LogP contribution in [-0.4, -0.2) is 47.2 Å². The van der Waals surface area contributed by atoms with Crippen LogP contribution in [0.1, 0.15) is 41.6 Å². The summed E-state index contributed by atoms with van der Waals surface area (Å²) in [5, 5.41) is 0. The average Bonchev–Trinajstić information content (AvgIpc) is 3.07. The van der Waals surface area contributed by atoms with Crippen molar-refractivity contribution in [3.8, 4) is 5.88 Å². The van der Waals surface area contributed by atoms with Crippen LogP contribution in [-0.2, 0) is 4.74 Å². The minimum Gasteiger partial charge on any atom is -0.474 e. The van der Waals surface area contributed by atoms with E-state index in [1.54, 1.807) is 13.3 Å². The van der Waals surface area contributed by atoms with E-state index in [4.69, 9.17) is 9.47 Å². The van der Waals surface area contributed by atoms with Crippen LogP contribution in [0.3, 0.4) is 0 Å². The van der Waals surface area contributed by atoms with E-state index in [0.717, 1.165) is 43.4 Å². The first-order valence-electron chi connectivity index (χ1n) is 9.62. The minimum absolute atomic E-state index is 0.0259. The van der Waals surface area contributed by atoms with Crippen molar-refractivity contribution in [3.05, 3.63) is 59.8 Å². The Hall–Kier alpha value is -2.40. The number of fused-ring (bicyclic) bond motifs is 1. The molecule has 0 radical (unpaired) electrons. The van der Waals surface area contributed by atoms with E-state index in [2.05, 4.69) is 4.98 Å². The van der Waals surface area contributed by atoms with Gasteiger partial charge >= 0.3 is 0 Å². The fourth-order valence-electron chi connectivity index (χ4n) is 4.54. The summed E-state index contributed by atoms with van der Waals surface area (Å²) < 4.78 is 12.1. The van der Waals surface area contributed by atoms with Crippen LogP contribution >= 0.6 is 0 Å². The summed E-state index contributed by atoms with van der Waals surface area (Å²) in [4.78, 5) is 19.5. The highest BCUT2D eigenvalue weighted by Crippen LogP contribution is 2.43. The molecule has 1 aliphatic carbocycles. The van der Waals surface area contributed by atoms with E-state index in [1.807, 2.05) is 54.3 Å². The lowest BCUT2D eigenvalue weighted by Crippen LogP contribution is -2.53. The summed E-state index contributed by atoms with van der Waals surface area (Å²) in [5.41, 5.74) is 1.58. The lowest BCUT2D eigenvalue weighted by Gasteiger charge is -2.43. The van der Waals surface area contributed by atoms with Crippen LogP contribution in [0.25, 0.3) is 0 Å². The molecule has 2 aliphatic rings. The fraction of sp³-hybridized carbons (Fsp3) is 0.455. The molecular weight excluding hydrogens is 340 g/mol. The first kappa shape index (κ1) is 18.0. The monoisotopic (exact) mass is 366 g/mol. The Morgan fingerprint density at radius 2 is 2.11 bits per heavy atom. The minimum atomic E-state index is -0.260. The van der Waals surface area contributed by atoms with Gasteiger partial charge in [-0.05, 0) is 44.4 Å². The normalized spacial score (nSPS) is 27.3. The quantitative estimate of drug-likeness (QED) is 0.829. The molecule has 0 spiro atoms. The zero-order valence-corrected chi connectivity index (χ0v) is 15.9. The third kappa shape index (κ3) is 3.44. The van der Waals surface area contributed by atoms with E-state index in [0.29, 0.717) is 5.88 Å². The number of methoxy groups -OCH3 is 1. The van der Waals surface area contributed by atoms with Gasteiger partial charge in [-0.3, -0.25) is 4.79 Å². The maximum Gasteiger partial charge on any atom is 0.254 e. The maximum absolute atomic E-state index is 13.2. The van der Waals surface area contributed by atoms with Crippen molar-refractivity contribution in [2.75, 3.05) is 13.7 Å². The van der Waals surface area contributed by atoms with E-state index in [9.17, 15) is 4.79 Å². The average molecular weight is 366 g/mol. The number of pyridine rings is 1. The molecule has 3 atom stereocenters. The molecule has 5 heteroatoms. The van der Waals surface area contributed by atoms with Crippen molar-refractivity contribution in [2.45, 2.75) is 50.4 Å². The van der Waals surface area contributed by atoms with Gasteiger partial charge in [0.15, 0.2) is 0 Å². The van der Waals surface area contributed by atoms with Crippen molar-refractivity contribution < 1.29 is 14.3 Å². The molecular formula is C22H26N2O3. The van der Waals surface area contributed by atoms with Crippen molar-refractivity contribution in [1.29, 1.82) is 0 Å². The number of carbonyl (C=O) groups excluding carboxylic acids is 1. The van der Waals surface area contributed by atoms with E-state index in [1.165, 1.54) is 0 Å². The predicted molar refractivity (Wildman–Crippen MR) is 103 cm³/mol. The summed E-state index contributed by atoms with van der Waals surface area (Å²) in [6, 6.07) is 13.5. The highest BCUT2D eigenvalue weighted by Gasteiger charge is 2.53. The predicted octanol–water partition coefficient (Wildman–Crippen LogP) is 3.62. The van der Waals surface area contributed by atoms with Gasteiger partial charge in [-0.15, -0.1) is 0 Å². The second-order valence-electron chi connectivity index (χ2n) is 7.58. The van der Waals surface area contributed by atoms with Gasteiger partial charge in [0.05, 0.1) is 11.6 Å². The van der Waals surface area contributed by atoms with Gasteiger partial charge in [0.2, 0.25) is 5.88 Å². The van der Waals surface area contributed by atoms with E-state index < -0.39 is 0 Å². The van der Waals surface area contributed by atoms with Crippen molar-refractivity contribution in [2.24, 2.45) is 0 Å². The lowest BCUT2D eigenvalue weighted by atomic mass is 9.79. The van der Waals surface area contributed by atoms with Gasteiger partial charge in [0.1, 0.15) is 6.10 Å². The van der Waals surface area contributed by atoms with Gasteiger partial charge in [-0.25, -0.2) is 4.98 Å². The number of aromatic nitrogens is 1. The summed E-state index contributed by atoms with van der Waals surface area (Å²) in [7, 11) is 1.77. The van der Waals surface area contributed by atoms with Gasteiger partial charge in [0.25, 0.3) is 5.91 Å². The number of hydrogen-bond donors (Lipinski definition) is 0. The number of benzene rings is 1. The fourth-order valence-corrected chi connectivity index (χ4v) is 4.54. The molecule has 1 saturated carbocycles. The van der Waals surface area contributed by atoms with Crippen molar-refractivity contribution in [1.82, 2.24) is 9.88 Å². The highest BCUT2D eigenvalue weighted by molar-refractivity contribution is 5.95. The number of ether oxygens (including phenoxy) is 2. The molecule has 1 aromatic heterocycles. The molecule has 0 unspecified atom stereocenters. The maximum atomic E-state index is 13.2. The number of hydrogen-bond acceptors (Lipinski definition) is 4. The summed E-state index contributed by atoms with van der Waals surface area (Å²) >= 11 is 0. The zero-order valence-electron chi connectivity index (χ0n) is 15.9. The van der Waals surface area contributed by atoms with Gasteiger partial charge < -0.3 is 14.4 Å². The largest absolute Gasteiger partial charge is 0.474 e. The summed E-state index contributed by atoms with van der Waals surface area (Å²) in [5.74, 6) is 0.725. The second kappa shape index (κ2) is 7.31. The number of amides is 1. The molecule has 142 valence electrons. The number of aryl methyl sites for hydroxylation is 1. The smallest absolute Gasteiger partial charge is 0.254 e. The Bertz CT molecular complexity index is 810. The Balaban J connectivity index is 1.55. The van der Waals surface area contributed by atoms with Crippen LogP contribution in [0.5, 0.6) is 5.88 Å². The molecule has 2 aromatic rings. The number of rotatable bonds is 4. The van der Waals surface area contributed by atoms with E-state index >= 15 is 0 Å². The zero-order chi connectivity index (χ0) is 18.9. The summed E-state index contributed by atoms with van der Waals surface area (Å²) in [6.07, 6.45) is 5.22. The summed E-state index contributed by atoms with van der Waals surface area (Å²) in [6.45, 7) is 2.74. The second-order valence-corrected chi connectivity index (χ2v) is 7.58. The van der Waals surface area contributed by atoms with Crippen LogP contribution in [0.15, 0.2) is 48.7 Å². The van der Waals surface area contributed by atoms with Crippen LogP contribution in [0, 0.1) is 6.92 Å². The Morgan fingerprint density at radius 3 is 2.85 bits per heavy atom. The first-order valence-corrected chi connectivity index (χ1v) is 9.62. The molecule has 2 heterocycles. The standard InChI is InChI=1S/C22H26N2O3/c1-16-6-5-7-17(14-16)21(25)24-13-11-22(26-2)10-9-18(15-19(22)24)27-20-8-3-4-12-23-20/h3-8,12,14,18-19H,9-11,13,15H2,1-2H3/t18-,19-,22+/m0/s1. The molecule has 1 amide bonds. The van der Waals surface area contributed by atoms with Crippen molar-refractivity contribution >= 4 is 5.91 Å². The Kier molecular flexibility index (Phi) is 4.87. The van der Waals surface area contributed by atoms with Crippen molar-refractivity contribution in [3.63, 3.8) is 0 Å². The van der Waals surface area contributed by atoms with Gasteiger partial charge in [-0.1, -0.05) is 23.8 Å². The lowest BCUT2D eigenvalue weighted by molar-refractivity contribution is -0.0788. The molecule has 4 rings (SSSR count). The molecule has 27 heavy (non-hydrogen) atoms. The Labute approximate surface area is 160 Å². The molecule has 5 nitrogen and oxygen atoms in total. The molecule has 1 saturated heterocycles. The third-order valence-corrected chi connectivity index (χ3v) is 5.99. The van der Waals surface area contributed by atoms with Gasteiger partial charge in [0, 0.05) is 37.9 Å². The van der Waals surface area contributed by atoms with Crippen LogP contribution < -0.4 is 4.74 Å². The molecule has 1 aliphatic heterocycles. The molecule has 1 aromatic carbocycles. The Morgan fingerprint density at radius 1 is 1.22 bits per heavy atom. The number of nitrogens with zero attached hydrogens (tertiary/aromatic N) is 2. The molecule has 0 bridgehead atoms. The highest BCUT2D eigenvalue weighted by atomic mass is 16.5. The van der Waals surface area contributed by atoms with Crippen LogP contribution in [0.2, 0.25) is 0 Å². The third-order valence-electron chi connectivity index (χ3n) is 5.99. The molecule has 0 N–H and O–H groups in total. The van der Waals surface area contributed by atoms with E-state index in [-0.39, 0.29) is 23.7 Å². The van der Waals surface area contributed by atoms with Crippen LogP contribution in [0.4, 0.5) is 0 Å². The first-order chi connectivity index (χ1) is 13.1.